The van der Waals surface area contributed by atoms with Crippen molar-refractivity contribution in [3.8, 4) is 11.8 Å². The molecule has 5 nitrogen and oxygen atoms in total. The van der Waals surface area contributed by atoms with Gasteiger partial charge in [0.2, 0.25) is 0 Å². The number of halogens is 1. The number of aryl methyl sites for hydroxylation is 1. The summed E-state index contributed by atoms with van der Waals surface area (Å²) in [4.78, 5) is 4.13. The minimum absolute atomic E-state index is 0.120. The maximum atomic E-state index is 9.07. The molecular formula is C18H21ClN4O. The summed E-state index contributed by atoms with van der Waals surface area (Å²) < 4.78 is 1.82. The topological polar surface area (TPSA) is 63.0 Å². The van der Waals surface area contributed by atoms with Crippen molar-refractivity contribution in [1.82, 2.24) is 14.8 Å². The van der Waals surface area contributed by atoms with Crippen LogP contribution in [0.25, 0.3) is 0 Å². The number of rotatable bonds is 5. The van der Waals surface area contributed by atoms with E-state index >= 15 is 0 Å². The van der Waals surface area contributed by atoms with Crippen LogP contribution in [0, 0.1) is 11.8 Å². The minimum Gasteiger partial charge on any atom is -0.396 e. The molecule has 24 heavy (non-hydrogen) atoms. The lowest BCUT2D eigenvalue weighted by Crippen LogP contribution is -2.17. The number of hydrogen-bond donors (Lipinski definition) is 2. The molecule has 0 saturated heterocycles. The smallest absolute Gasteiger partial charge is 0.131 e. The lowest BCUT2D eigenvalue weighted by molar-refractivity contribution is 0.282. The van der Waals surface area contributed by atoms with E-state index in [9.17, 15) is 0 Å². The molecule has 2 aromatic rings. The molecule has 2 N–H and O–H groups in total. The fourth-order valence-corrected chi connectivity index (χ4v) is 2.73. The third-order valence-corrected chi connectivity index (χ3v) is 4.19. The van der Waals surface area contributed by atoms with E-state index in [-0.39, 0.29) is 12.6 Å². The monoisotopic (exact) mass is 344 g/mol. The van der Waals surface area contributed by atoms with E-state index in [1.54, 1.807) is 12.3 Å². The molecule has 3 rings (SSSR count). The fourth-order valence-electron chi connectivity index (χ4n) is 2.58. The van der Waals surface area contributed by atoms with Gasteiger partial charge in [-0.1, -0.05) is 23.4 Å². The van der Waals surface area contributed by atoms with E-state index in [4.69, 9.17) is 16.7 Å². The molecule has 1 fully saturated rings. The molecule has 2 heterocycles. The number of nitrogens with zero attached hydrogens (tertiary/aromatic N) is 3. The minimum atomic E-state index is 0.120. The zero-order valence-corrected chi connectivity index (χ0v) is 14.6. The summed E-state index contributed by atoms with van der Waals surface area (Å²) in [6, 6.07) is 1.89. The number of aromatic nitrogens is 3. The van der Waals surface area contributed by atoms with Gasteiger partial charge in [0.15, 0.2) is 0 Å². The maximum Gasteiger partial charge on any atom is 0.131 e. The van der Waals surface area contributed by atoms with Gasteiger partial charge in [0.1, 0.15) is 5.15 Å². The highest BCUT2D eigenvalue weighted by Crippen LogP contribution is 2.40. The third-order valence-electron chi connectivity index (χ3n) is 3.99. The molecule has 6 heteroatoms. The maximum absolute atomic E-state index is 9.07. The van der Waals surface area contributed by atoms with Crippen molar-refractivity contribution in [2.45, 2.75) is 38.1 Å². The molecule has 1 aliphatic carbocycles. The van der Waals surface area contributed by atoms with Crippen LogP contribution in [0.4, 0.5) is 5.69 Å². The zero-order chi connectivity index (χ0) is 17.1. The lowest BCUT2D eigenvalue weighted by atomic mass is 10.1. The van der Waals surface area contributed by atoms with Crippen molar-refractivity contribution in [2.75, 3.05) is 11.9 Å². The highest BCUT2D eigenvalue weighted by atomic mass is 35.5. The molecule has 0 amide bonds. The molecule has 1 atom stereocenters. The van der Waals surface area contributed by atoms with Crippen molar-refractivity contribution in [3.05, 3.63) is 40.4 Å². The van der Waals surface area contributed by atoms with Gasteiger partial charge in [0.25, 0.3) is 0 Å². The number of pyridine rings is 1. The van der Waals surface area contributed by atoms with Crippen LogP contribution in [0.1, 0.15) is 48.9 Å². The number of hydrogen-bond acceptors (Lipinski definition) is 4. The van der Waals surface area contributed by atoms with Crippen LogP contribution in [0.15, 0.2) is 18.5 Å². The van der Waals surface area contributed by atoms with E-state index in [0.29, 0.717) is 17.5 Å². The summed E-state index contributed by atoms with van der Waals surface area (Å²) in [5, 5.41) is 17.3. The number of aliphatic hydroxyl groups excluding tert-OH is 1. The molecular weight excluding hydrogens is 324 g/mol. The first-order chi connectivity index (χ1) is 11.6. The molecule has 0 aromatic carbocycles. The summed E-state index contributed by atoms with van der Waals surface area (Å²) in [5.41, 5.74) is 3.69. The Balaban J connectivity index is 1.88. The van der Waals surface area contributed by atoms with Gasteiger partial charge < -0.3 is 10.4 Å². The molecule has 0 radical (unpaired) electrons. The Kier molecular flexibility index (Phi) is 5.08. The van der Waals surface area contributed by atoms with Crippen molar-refractivity contribution in [3.63, 3.8) is 0 Å². The Morgan fingerprint density at radius 2 is 2.17 bits per heavy atom. The van der Waals surface area contributed by atoms with Crippen LogP contribution < -0.4 is 5.32 Å². The molecule has 1 saturated carbocycles. The van der Waals surface area contributed by atoms with Gasteiger partial charge in [-0.05, 0) is 32.3 Å². The van der Waals surface area contributed by atoms with Crippen molar-refractivity contribution >= 4 is 17.3 Å². The zero-order valence-electron chi connectivity index (χ0n) is 13.9. The first-order valence-corrected chi connectivity index (χ1v) is 8.53. The second kappa shape index (κ2) is 7.25. The molecule has 0 spiro atoms. The normalized spacial score (nSPS) is 14.8. The van der Waals surface area contributed by atoms with Crippen LogP contribution in [-0.2, 0) is 7.05 Å². The first kappa shape index (κ1) is 16.8. The number of aliphatic hydroxyl groups is 1. The van der Waals surface area contributed by atoms with Gasteiger partial charge >= 0.3 is 0 Å². The molecule has 2 aromatic heterocycles. The summed E-state index contributed by atoms with van der Waals surface area (Å²) >= 11 is 6.01. The Morgan fingerprint density at radius 1 is 1.42 bits per heavy atom. The van der Waals surface area contributed by atoms with E-state index in [2.05, 4.69) is 27.2 Å². The molecule has 0 aliphatic heterocycles. The lowest BCUT2D eigenvalue weighted by Gasteiger charge is -2.15. The van der Waals surface area contributed by atoms with Crippen LogP contribution in [0.3, 0.4) is 0 Å². The predicted octanol–water partition coefficient (Wildman–Crippen LogP) is 2.93. The second-order valence-electron chi connectivity index (χ2n) is 6.24. The second-order valence-corrected chi connectivity index (χ2v) is 6.62. The average molecular weight is 345 g/mol. The number of nitrogens with one attached hydrogen (secondary N) is 1. The van der Waals surface area contributed by atoms with Crippen molar-refractivity contribution < 1.29 is 5.11 Å². The van der Waals surface area contributed by atoms with E-state index in [1.807, 2.05) is 24.9 Å². The van der Waals surface area contributed by atoms with Crippen molar-refractivity contribution in [1.29, 1.82) is 0 Å². The Labute approximate surface area is 147 Å². The molecule has 1 aliphatic rings. The SMILES string of the molecule is C[C@@H](CCO)Nc1cc(Cl)ncc1C#Cc1cn(C)nc1C1CC1. The van der Waals surface area contributed by atoms with Crippen LogP contribution in [-0.4, -0.2) is 32.5 Å². The summed E-state index contributed by atoms with van der Waals surface area (Å²) in [7, 11) is 1.92. The Morgan fingerprint density at radius 3 is 2.88 bits per heavy atom. The van der Waals surface area contributed by atoms with Gasteiger partial charge in [-0.25, -0.2) is 4.98 Å². The highest BCUT2D eigenvalue weighted by Gasteiger charge is 2.28. The Bertz CT molecular complexity index is 786. The third kappa shape index (κ3) is 4.08. The van der Waals surface area contributed by atoms with Gasteiger partial charge in [-0.2, -0.15) is 5.10 Å². The molecule has 0 unspecified atom stereocenters. The summed E-state index contributed by atoms with van der Waals surface area (Å²) in [5.74, 6) is 6.98. The van der Waals surface area contributed by atoms with E-state index < -0.39 is 0 Å². The van der Waals surface area contributed by atoms with Crippen molar-refractivity contribution in [2.24, 2.45) is 7.05 Å². The van der Waals surface area contributed by atoms with E-state index in [1.165, 1.54) is 12.8 Å². The molecule has 126 valence electrons. The van der Waals surface area contributed by atoms with E-state index in [0.717, 1.165) is 22.5 Å². The Hall–Kier alpha value is -2.03. The standard InChI is InChI=1S/C18H21ClN4O/c1-12(7-8-24)21-16-9-17(19)20-10-14(16)5-6-15-11-23(2)22-18(15)13-3-4-13/h9-13,24H,3-4,7-8H2,1-2H3,(H,20,21)/t12-/m0/s1. The van der Waals surface area contributed by atoms with Crippen LogP contribution in [0.5, 0.6) is 0 Å². The van der Waals surface area contributed by atoms with Gasteiger partial charge in [0.05, 0.1) is 22.5 Å². The largest absolute Gasteiger partial charge is 0.396 e. The fraction of sp³-hybridized carbons (Fsp3) is 0.444. The molecule has 0 bridgehead atoms. The summed E-state index contributed by atoms with van der Waals surface area (Å²) in [6.45, 7) is 2.14. The first-order valence-electron chi connectivity index (χ1n) is 8.15. The van der Waals surface area contributed by atoms with Gasteiger partial charge in [-0.3, -0.25) is 4.68 Å². The number of anilines is 1. The van der Waals surface area contributed by atoms with Crippen LogP contribution in [0.2, 0.25) is 5.15 Å². The summed E-state index contributed by atoms with van der Waals surface area (Å²) in [6.07, 6.45) is 6.68. The van der Waals surface area contributed by atoms with Gasteiger partial charge in [0, 0.05) is 38.0 Å². The van der Waals surface area contributed by atoms with Crippen LogP contribution >= 0.6 is 11.6 Å². The quantitative estimate of drug-likeness (QED) is 0.646. The average Bonchev–Trinajstić information content (AvgIpc) is 3.30. The highest BCUT2D eigenvalue weighted by molar-refractivity contribution is 6.29. The van der Waals surface area contributed by atoms with Gasteiger partial charge in [-0.15, -0.1) is 0 Å². The predicted molar refractivity (Wildman–Crippen MR) is 95.2 cm³/mol.